The van der Waals surface area contributed by atoms with E-state index in [1.807, 2.05) is 62.4 Å². The van der Waals surface area contributed by atoms with Gasteiger partial charge in [-0.3, -0.25) is 24.0 Å². The van der Waals surface area contributed by atoms with Crippen molar-refractivity contribution in [2.45, 2.75) is 32.9 Å². The van der Waals surface area contributed by atoms with Gasteiger partial charge in [0.1, 0.15) is 24.0 Å². The second kappa shape index (κ2) is 14.4. The highest BCUT2D eigenvalue weighted by Crippen LogP contribution is 2.34. The molecule has 1 N–H and O–H groups in total. The van der Waals surface area contributed by atoms with Crippen molar-refractivity contribution in [1.82, 2.24) is 10.2 Å². The smallest absolute Gasteiger partial charge is 0.271 e. The number of nitrogens with zero attached hydrogens (tertiary/aromatic N) is 3. The molecule has 224 valence electrons. The van der Waals surface area contributed by atoms with Crippen LogP contribution in [0.2, 0.25) is 0 Å². The lowest BCUT2D eigenvalue weighted by molar-refractivity contribution is -0.384. The quantitative estimate of drug-likeness (QED) is 0.221. The number of carbonyl (C=O) groups excluding carboxylic acids is 2. The summed E-state index contributed by atoms with van der Waals surface area (Å²) in [6.45, 7) is 3.60. The molecule has 42 heavy (non-hydrogen) atoms. The fourth-order valence-electron chi connectivity index (χ4n) is 4.34. The van der Waals surface area contributed by atoms with Gasteiger partial charge in [0.25, 0.3) is 5.69 Å². The van der Waals surface area contributed by atoms with Crippen molar-refractivity contribution >= 4 is 33.2 Å². The van der Waals surface area contributed by atoms with Crippen molar-refractivity contribution in [3.05, 3.63) is 100 Å². The maximum atomic E-state index is 14.1. The number of hydrogen-bond acceptors (Lipinski definition) is 7. The average Bonchev–Trinajstić information content (AvgIpc) is 2.96. The first-order chi connectivity index (χ1) is 19.9. The van der Waals surface area contributed by atoms with Crippen molar-refractivity contribution in [3.63, 3.8) is 0 Å². The summed E-state index contributed by atoms with van der Waals surface area (Å²) in [5.74, 6) is -0.857. The topological polar surface area (TPSA) is 139 Å². The van der Waals surface area contributed by atoms with Crippen LogP contribution in [0.5, 0.6) is 5.75 Å². The molecule has 1 atom stereocenters. The summed E-state index contributed by atoms with van der Waals surface area (Å²) in [4.78, 5) is 39.9. The van der Waals surface area contributed by atoms with Gasteiger partial charge in [-0.25, -0.2) is 8.42 Å². The lowest BCUT2D eigenvalue weighted by Crippen LogP contribution is -2.53. The van der Waals surface area contributed by atoms with Crippen molar-refractivity contribution in [2.75, 3.05) is 30.8 Å². The van der Waals surface area contributed by atoms with Gasteiger partial charge in [0.15, 0.2) is 0 Å². The number of methoxy groups -OCH3 is 1. The molecule has 0 saturated heterocycles. The van der Waals surface area contributed by atoms with E-state index in [0.717, 1.165) is 27.8 Å². The van der Waals surface area contributed by atoms with Crippen LogP contribution in [0.1, 0.15) is 25.0 Å². The van der Waals surface area contributed by atoms with Gasteiger partial charge in [0, 0.05) is 31.6 Å². The monoisotopic (exact) mass is 596 g/mol. The SMILES string of the molecule is COc1ccc([N+](=O)[O-])cc1N(CC(=O)N(Cc1ccccc1)[C@@H](Cc1ccccc1)C(=O)NCC(C)C)S(C)(=O)=O. The largest absolute Gasteiger partial charge is 0.495 e. The Balaban J connectivity index is 2.10. The lowest BCUT2D eigenvalue weighted by atomic mass is 10.0. The van der Waals surface area contributed by atoms with Crippen LogP contribution in [-0.4, -0.2) is 62.6 Å². The molecular weight excluding hydrogens is 560 g/mol. The van der Waals surface area contributed by atoms with E-state index in [9.17, 15) is 28.1 Å². The zero-order chi connectivity index (χ0) is 30.9. The molecule has 0 aliphatic carbocycles. The first kappa shape index (κ1) is 32.1. The molecule has 0 saturated carbocycles. The molecule has 0 aliphatic heterocycles. The fraction of sp³-hybridized carbons (Fsp3) is 0.333. The zero-order valence-corrected chi connectivity index (χ0v) is 24.9. The van der Waals surface area contributed by atoms with Crippen LogP contribution in [0.4, 0.5) is 11.4 Å². The maximum absolute atomic E-state index is 14.1. The number of amides is 2. The molecule has 0 radical (unpaired) electrons. The number of non-ortho nitro benzene ring substituents is 1. The Hall–Kier alpha value is -4.45. The maximum Gasteiger partial charge on any atom is 0.271 e. The van der Waals surface area contributed by atoms with Gasteiger partial charge < -0.3 is 15.0 Å². The van der Waals surface area contributed by atoms with Crippen molar-refractivity contribution in [1.29, 1.82) is 0 Å². The molecule has 12 heteroatoms. The summed E-state index contributed by atoms with van der Waals surface area (Å²) in [5, 5.41) is 14.4. The summed E-state index contributed by atoms with van der Waals surface area (Å²) in [6.07, 6.45) is 1.08. The number of anilines is 1. The van der Waals surface area contributed by atoms with Gasteiger partial charge in [-0.05, 0) is 23.1 Å². The normalized spacial score (nSPS) is 11.9. The molecule has 0 heterocycles. The van der Waals surface area contributed by atoms with E-state index in [4.69, 9.17) is 4.74 Å². The molecule has 0 unspecified atom stereocenters. The Bertz CT molecular complexity index is 1480. The van der Waals surface area contributed by atoms with Crippen LogP contribution < -0.4 is 14.4 Å². The van der Waals surface area contributed by atoms with Crippen molar-refractivity contribution < 1.29 is 27.7 Å². The van der Waals surface area contributed by atoms with Crippen LogP contribution in [0.15, 0.2) is 78.9 Å². The lowest BCUT2D eigenvalue weighted by Gasteiger charge is -2.33. The number of ether oxygens (including phenoxy) is 1. The summed E-state index contributed by atoms with van der Waals surface area (Å²) in [7, 11) is -2.84. The van der Waals surface area contributed by atoms with E-state index in [1.165, 1.54) is 24.1 Å². The Kier molecular flexibility index (Phi) is 11.0. The summed E-state index contributed by atoms with van der Waals surface area (Å²) >= 11 is 0. The van der Waals surface area contributed by atoms with Gasteiger partial charge in [0.2, 0.25) is 21.8 Å². The van der Waals surface area contributed by atoms with Crippen LogP contribution in [0.3, 0.4) is 0 Å². The number of benzene rings is 3. The third kappa shape index (κ3) is 8.77. The van der Waals surface area contributed by atoms with E-state index in [2.05, 4.69) is 5.32 Å². The number of carbonyl (C=O) groups is 2. The van der Waals surface area contributed by atoms with E-state index < -0.39 is 33.4 Å². The number of nitro groups is 1. The fourth-order valence-corrected chi connectivity index (χ4v) is 5.18. The Labute approximate surface area is 246 Å². The first-order valence-corrected chi connectivity index (χ1v) is 15.2. The molecule has 0 bridgehead atoms. The molecule has 3 aromatic rings. The van der Waals surface area contributed by atoms with Crippen molar-refractivity contribution in [3.8, 4) is 5.75 Å². The molecule has 3 aromatic carbocycles. The number of rotatable bonds is 14. The highest BCUT2D eigenvalue weighted by molar-refractivity contribution is 7.92. The van der Waals surface area contributed by atoms with E-state index >= 15 is 0 Å². The minimum Gasteiger partial charge on any atom is -0.495 e. The van der Waals surface area contributed by atoms with Gasteiger partial charge in [-0.15, -0.1) is 0 Å². The standard InChI is InChI=1S/C30H36N4O7S/c1-22(2)19-31-30(36)27(17-23-11-7-5-8-12-23)32(20-24-13-9-6-10-14-24)29(35)21-33(42(4,39)40)26-18-25(34(37)38)15-16-28(26)41-3/h5-16,18,22,27H,17,19-21H2,1-4H3,(H,31,36)/t27-/m0/s1. The molecule has 0 fully saturated rings. The molecule has 2 amide bonds. The number of sulfonamides is 1. The van der Waals surface area contributed by atoms with Crippen LogP contribution in [0.25, 0.3) is 0 Å². The summed E-state index contributed by atoms with van der Waals surface area (Å²) < 4.78 is 32.1. The molecule has 0 aromatic heterocycles. The van der Waals surface area contributed by atoms with Crippen LogP contribution in [0, 0.1) is 16.0 Å². The minimum atomic E-state index is -4.14. The second-order valence-corrected chi connectivity index (χ2v) is 12.1. The van der Waals surface area contributed by atoms with E-state index in [0.29, 0.717) is 6.54 Å². The third-order valence-electron chi connectivity index (χ3n) is 6.47. The van der Waals surface area contributed by atoms with Crippen molar-refractivity contribution in [2.24, 2.45) is 5.92 Å². The minimum absolute atomic E-state index is 0.0238. The zero-order valence-electron chi connectivity index (χ0n) is 24.1. The number of nitro benzene ring substituents is 1. The Morgan fingerprint density at radius 1 is 0.976 bits per heavy atom. The summed E-state index contributed by atoms with van der Waals surface area (Å²) in [6, 6.07) is 20.8. The molecule has 0 spiro atoms. The Morgan fingerprint density at radius 3 is 2.10 bits per heavy atom. The molecule has 11 nitrogen and oxygen atoms in total. The van der Waals surface area contributed by atoms with Gasteiger partial charge >= 0.3 is 0 Å². The number of nitrogens with one attached hydrogen (secondary N) is 1. The van der Waals surface area contributed by atoms with Gasteiger partial charge in [-0.1, -0.05) is 74.5 Å². The third-order valence-corrected chi connectivity index (χ3v) is 7.60. The predicted molar refractivity (Wildman–Crippen MR) is 161 cm³/mol. The summed E-state index contributed by atoms with van der Waals surface area (Å²) in [5.41, 5.74) is 1.02. The second-order valence-electron chi connectivity index (χ2n) is 10.2. The highest BCUT2D eigenvalue weighted by Gasteiger charge is 2.34. The molecule has 3 rings (SSSR count). The van der Waals surface area contributed by atoms with Gasteiger partial charge in [0.05, 0.1) is 18.3 Å². The van der Waals surface area contributed by atoms with Gasteiger partial charge in [-0.2, -0.15) is 0 Å². The number of hydrogen-bond donors (Lipinski definition) is 1. The molecule has 0 aliphatic rings. The Morgan fingerprint density at radius 2 is 1.57 bits per heavy atom. The predicted octanol–water partition coefficient (Wildman–Crippen LogP) is 3.78. The van der Waals surface area contributed by atoms with Crippen LogP contribution >= 0.6 is 0 Å². The van der Waals surface area contributed by atoms with E-state index in [1.54, 1.807) is 12.1 Å². The molecular formula is C30H36N4O7S. The average molecular weight is 597 g/mol. The first-order valence-electron chi connectivity index (χ1n) is 13.4. The van der Waals surface area contributed by atoms with E-state index in [-0.39, 0.29) is 41.9 Å². The highest BCUT2D eigenvalue weighted by atomic mass is 32.2. The van der Waals surface area contributed by atoms with Crippen LogP contribution in [-0.2, 0) is 32.6 Å².